The Hall–Kier alpha value is -3.35. The van der Waals surface area contributed by atoms with E-state index in [0.717, 1.165) is 6.20 Å². The largest absolute Gasteiger partial charge is 0.508 e. The van der Waals surface area contributed by atoms with Crippen LogP contribution in [0.25, 0.3) is 11.4 Å². The topological polar surface area (TPSA) is 67.7 Å². The maximum Gasteiger partial charge on any atom is 0.184 e. The van der Waals surface area contributed by atoms with Crippen molar-refractivity contribution in [3.63, 3.8) is 0 Å². The molecule has 0 amide bonds. The number of phenols is 1. The Kier molecular flexibility index (Phi) is 4.04. The molecule has 0 saturated carbocycles. The molecule has 3 aromatic rings. The van der Waals surface area contributed by atoms with Crippen molar-refractivity contribution < 1.29 is 19.0 Å². The molecule has 0 atom stereocenters. The van der Waals surface area contributed by atoms with Gasteiger partial charge in [-0.15, -0.1) is 0 Å². The molecule has 4 rings (SSSR count). The predicted octanol–water partition coefficient (Wildman–Crippen LogP) is 3.53. The monoisotopic (exact) mass is 353 g/mol. The minimum atomic E-state index is -0.550. The number of halogens is 1. The fourth-order valence-corrected chi connectivity index (χ4v) is 2.74. The van der Waals surface area contributed by atoms with E-state index in [1.165, 1.54) is 6.07 Å². The van der Waals surface area contributed by atoms with Gasteiger partial charge in [-0.2, -0.15) is 0 Å². The first-order valence-corrected chi connectivity index (χ1v) is 8.07. The zero-order chi connectivity index (χ0) is 18.1. The Morgan fingerprint density at radius 1 is 1.08 bits per heavy atom. The van der Waals surface area contributed by atoms with Crippen LogP contribution in [0.15, 0.2) is 48.7 Å². The number of ether oxygens (including phenoxy) is 2. The molecule has 0 fully saturated rings. The first-order valence-electron chi connectivity index (χ1n) is 8.07. The van der Waals surface area contributed by atoms with Gasteiger partial charge in [0.05, 0.1) is 6.20 Å². The van der Waals surface area contributed by atoms with E-state index in [2.05, 4.69) is 9.97 Å². The maximum absolute atomic E-state index is 14.4. The summed E-state index contributed by atoms with van der Waals surface area (Å²) in [5, 5.41) is 9.63. The highest BCUT2D eigenvalue weighted by atomic mass is 19.1. The lowest BCUT2D eigenvalue weighted by Crippen LogP contribution is -2.17. The molecular formula is C19H16FN3O3. The first-order chi connectivity index (χ1) is 12.6. The van der Waals surface area contributed by atoms with Crippen LogP contribution in [-0.4, -0.2) is 35.3 Å². The summed E-state index contributed by atoms with van der Waals surface area (Å²) in [4.78, 5) is 9.97. The summed E-state index contributed by atoms with van der Waals surface area (Å²) in [6.45, 7) is 0.986. The third-order valence-corrected chi connectivity index (χ3v) is 4.06. The number of fused-ring (bicyclic) bond motifs is 1. The second kappa shape index (κ2) is 6.51. The van der Waals surface area contributed by atoms with Gasteiger partial charge < -0.3 is 19.5 Å². The molecule has 1 aromatic heterocycles. The summed E-state index contributed by atoms with van der Waals surface area (Å²) in [6, 6.07) is 11.9. The van der Waals surface area contributed by atoms with E-state index in [-0.39, 0.29) is 11.6 Å². The molecular weight excluding hydrogens is 337 g/mol. The van der Waals surface area contributed by atoms with Crippen molar-refractivity contribution in [2.45, 2.75) is 0 Å². The molecule has 1 aliphatic heterocycles. The van der Waals surface area contributed by atoms with Crippen LogP contribution in [0.5, 0.6) is 17.2 Å². The minimum Gasteiger partial charge on any atom is -0.508 e. The minimum absolute atomic E-state index is 0.0946. The standard InChI is InChI=1S/C19H16FN3O3/c1-23(13-5-6-16-17(10-13)26-8-7-25-16)19-15(20)11-21-18(22-19)12-3-2-4-14(24)9-12/h2-6,9-11,24H,7-8H2,1H3. The number of hydrogen-bond donors (Lipinski definition) is 1. The molecule has 1 N–H and O–H groups in total. The zero-order valence-corrected chi connectivity index (χ0v) is 14.0. The van der Waals surface area contributed by atoms with E-state index in [9.17, 15) is 9.50 Å². The number of aromatic nitrogens is 2. The molecule has 0 aliphatic carbocycles. The van der Waals surface area contributed by atoms with Gasteiger partial charge >= 0.3 is 0 Å². The number of phenolic OH excluding ortho intramolecular Hbond substituents is 1. The molecule has 0 saturated heterocycles. The van der Waals surface area contributed by atoms with Gasteiger partial charge in [0.25, 0.3) is 0 Å². The lowest BCUT2D eigenvalue weighted by atomic mass is 10.2. The van der Waals surface area contributed by atoms with Gasteiger partial charge in [-0.05, 0) is 24.3 Å². The van der Waals surface area contributed by atoms with Crippen LogP contribution in [0.1, 0.15) is 0 Å². The molecule has 0 spiro atoms. The Labute approximate surface area is 149 Å². The van der Waals surface area contributed by atoms with Gasteiger partial charge in [-0.3, -0.25) is 0 Å². The van der Waals surface area contributed by atoms with Gasteiger partial charge in [0.2, 0.25) is 0 Å². The van der Waals surface area contributed by atoms with Gasteiger partial charge in [0, 0.05) is 24.4 Å². The van der Waals surface area contributed by atoms with Gasteiger partial charge in [-0.1, -0.05) is 12.1 Å². The van der Waals surface area contributed by atoms with E-state index in [1.54, 1.807) is 42.3 Å². The lowest BCUT2D eigenvalue weighted by molar-refractivity contribution is 0.171. The molecule has 0 unspecified atom stereocenters. The van der Waals surface area contributed by atoms with E-state index >= 15 is 0 Å². The van der Waals surface area contributed by atoms with Gasteiger partial charge in [0.15, 0.2) is 29.0 Å². The molecule has 2 heterocycles. The lowest BCUT2D eigenvalue weighted by Gasteiger charge is -2.23. The third kappa shape index (κ3) is 2.99. The molecule has 2 aromatic carbocycles. The normalized spacial score (nSPS) is 12.7. The molecule has 0 radical (unpaired) electrons. The first kappa shape index (κ1) is 16.1. The van der Waals surface area contributed by atoms with Crippen LogP contribution >= 0.6 is 0 Å². The Morgan fingerprint density at radius 3 is 2.69 bits per heavy atom. The van der Waals surface area contributed by atoms with E-state index in [0.29, 0.717) is 41.8 Å². The van der Waals surface area contributed by atoms with Crippen molar-refractivity contribution >= 4 is 11.5 Å². The van der Waals surface area contributed by atoms with Gasteiger partial charge in [0.1, 0.15) is 19.0 Å². The smallest absolute Gasteiger partial charge is 0.184 e. The van der Waals surface area contributed by atoms with Crippen molar-refractivity contribution in [1.29, 1.82) is 0 Å². The maximum atomic E-state index is 14.4. The van der Waals surface area contributed by atoms with Crippen molar-refractivity contribution in [2.24, 2.45) is 0 Å². The van der Waals surface area contributed by atoms with E-state index in [1.807, 2.05) is 6.07 Å². The van der Waals surface area contributed by atoms with Crippen LogP contribution in [0.3, 0.4) is 0 Å². The van der Waals surface area contributed by atoms with Crippen LogP contribution in [0, 0.1) is 5.82 Å². The molecule has 7 heteroatoms. The third-order valence-electron chi connectivity index (χ3n) is 4.06. The summed E-state index contributed by atoms with van der Waals surface area (Å²) in [5.74, 6) is 1.26. The van der Waals surface area contributed by atoms with Crippen LogP contribution in [0.4, 0.5) is 15.9 Å². The van der Waals surface area contributed by atoms with Crippen molar-refractivity contribution in [3.05, 3.63) is 54.5 Å². The number of anilines is 2. The highest BCUT2D eigenvalue weighted by Gasteiger charge is 2.18. The number of rotatable bonds is 3. The van der Waals surface area contributed by atoms with Crippen LogP contribution in [-0.2, 0) is 0 Å². The van der Waals surface area contributed by atoms with Crippen LogP contribution in [0.2, 0.25) is 0 Å². The zero-order valence-electron chi connectivity index (χ0n) is 14.0. The number of hydrogen-bond acceptors (Lipinski definition) is 6. The summed E-state index contributed by atoms with van der Waals surface area (Å²) < 4.78 is 25.5. The quantitative estimate of drug-likeness (QED) is 0.777. The summed E-state index contributed by atoms with van der Waals surface area (Å²) >= 11 is 0. The van der Waals surface area contributed by atoms with Crippen molar-refractivity contribution in [2.75, 3.05) is 25.2 Å². The highest BCUT2D eigenvalue weighted by Crippen LogP contribution is 2.36. The van der Waals surface area contributed by atoms with Crippen molar-refractivity contribution in [3.8, 4) is 28.6 Å². The van der Waals surface area contributed by atoms with E-state index < -0.39 is 5.82 Å². The fourth-order valence-electron chi connectivity index (χ4n) is 2.74. The molecule has 26 heavy (non-hydrogen) atoms. The summed E-state index contributed by atoms with van der Waals surface area (Å²) in [5.41, 5.74) is 1.30. The molecule has 1 aliphatic rings. The predicted molar refractivity (Wildman–Crippen MR) is 94.6 cm³/mol. The summed E-state index contributed by atoms with van der Waals surface area (Å²) in [6.07, 6.45) is 1.12. The molecule has 0 bridgehead atoms. The molecule has 132 valence electrons. The average molecular weight is 353 g/mol. The number of nitrogens with zero attached hydrogens (tertiary/aromatic N) is 3. The Morgan fingerprint density at radius 2 is 1.88 bits per heavy atom. The second-order valence-corrected chi connectivity index (χ2v) is 5.80. The summed E-state index contributed by atoms with van der Waals surface area (Å²) in [7, 11) is 1.71. The van der Waals surface area contributed by atoms with Crippen LogP contribution < -0.4 is 14.4 Å². The number of aromatic hydroxyl groups is 1. The SMILES string of the molecule is CN(c1ccc2c(c1)OCCO2)c1nc(-c2cccc(O)c2)ncc1F. The second-order valence-electron chi connectivity index (χ2n) is 5.80. The Balaban J connectivity index is 1.71. The highest BCUT2D eigenvalue weighted by molar-refractivity contribution is 5.66. The van der Waals surface area contributed by atoms with Crippen molar-refractivity contribution in [1.82, 2.24) is 9.97 Å². The van der Waals surface area contributed by atoms with Gasteiger partial charge in [-0.25, -0.2) is 14.4 Å². The number of benzene rings is 2. The molecule has 6 nitrogen and oxygen atoms in total. The van der Waals surface area contributed by atoms with E-state index in [4.69, 9.17) is 9.47 Å². The Bertz CT molecular complexity index is 965. The average Bonchev–Trinajstić information content (AvgIpc) is 2.67. The fraction of sp³-hybridized carbons (Fsp3) is 0.158.